The van der Waals surface area contributed by atoms with Gasteiger partial charge in [0.2, 0.25) is 5.91 Å². The lowest BCUT2D eigenvalue weighted by atomic mass is 9.95. The molecule has 0 saturated carbocycles. The molecule has 0 radical (unpaired) electrons. The maximum Gasteiger partial charge on any atom is 0.336 e. The summed E-state index contributed by atoms with van der Waals surface area (Å²) in [5.74, 6) is 0.768. The molecular weight excluding hydrogens is 424 g/mol. The van der Waals surface area contributed by atoms with Gasteiger partial charge < -0.3 is 9.73 Å². The second-order valence-corrected chi connectivity index (χ2v) is 8.90. The van der Waals surface area contributed by atoms with Gasteiger partial charge in [0, 0.05) is 29.8 Å². The van der Waals surface area contributed by atoms with Crippen molar-refractivity contribution in [1.29, 1.82) is 0 Å². The Morgan fingerprint density at radius 1 is 1.22 bits per heavy atom. The Labute approximate surface area is 189 Å². The number of hydrogen-bond donors (Lipinski definition) is 1. The summed E-state index contributed by atoms with van der Waals surface area (Å²) < 4.78 is 7.31. The first kappa shape index (κ1) is 21.8. The van der Waals surface area contributed by atoms with E-state index in [2.05, 4.69) is 35.4 Å². The van der Waals surface area contributed by atoms with Gasteiger partial charge in [-0.25, -0.2) is 4.79 Å². The predicted octanol–water partition coefficient (Wildman–Crippen LogP) is 5.06. The third-order valence-electron chi connectivity index (χ3n) is 5.16. The van der Waals surface area contributed by atoms with E-state index in [4.69, 9.17) is 4.42 Å². The first-order valence-electron chi connectivity index (χ1n) is 10.3. The highest BCUT2D eigenvalue weighted by atomic mass is 32.2. The summed E-state index contributed by atoms with van der Waals surface area (Å²) in [5, 5.41) is 12.7. The van der Waals surface area contributed by atoms with Gasteiger partial charge >= 0.3 is 5.63 Å². The van der Waals surface area contributed by atoms with Crippen LogP contribution in [0.2, 0.25) is 0 Å². The van der Waals surface area contributed by atoms with Crippen molar-refractivity contribution >= 4 is 34.3 Å². The van der Waals surface area contributed by atoms with Crippen molar-refractivity contribution in [2.24, 2.45) is 0 Å². The molecule has 0 aliphatic carbocycles. The maximum absolute atomic E-state index is 12.2. The van der Waals surface area contributed by atoms with Crippen molar-refractivity contribution < 1.29 is 9.21 Å². The maximum atomic E-state index is 12.2. The third kappa shape index (κ3) is 4.60. The molecule has 4 aromatic rings. The van der Waals surface area contributed by atoms with Crippen LogP contribution in [0.1, 0.15) is 43.4 Å². The van der Waals surface area contributed by atoms with Crippen LogP contribution in [-0.4, -0.2) is 20.7 Å². The molecule has 2 aromatic heterocycles. The van der Waals surface area contributed by atoms with Crippen molar-refractivity contribution in [3.63, 3.8) is 0 Å². The Hall–Kier alpha value is -3.39. The summed E-state index contributed by atoms with van der Waals surface area (Å²) in [7, 11) is 0. The molecule has 2 aromatic carbocycles. The van der Waals surface area contributed by atoms with E-state index in [0.29, 0.717) is 28.1 Å². The molecule has 1 amide bonds. The monoisotopic (exact) mass is 448 g/mol. The summed E-state index contributed by atoms with van der Waals surface area (Å²) in [6.07, 6.45) is 1.63. The number of thioether (sulfide) groups is 1. The average molecular weight is 449 g/mol. The Morgan fingerprint density at radius 3 is 2.78 bits per heavy atom. The molecule has 0 unspecified atom stereocenters. The number of amides is 1. The SMILES string of the molecule is CC(=O)Nc1cccc(-n2cnnc2SCc2cc(=O)oc3cc(C)c(C(C)C)cc23)c1. The Kier molecular flexibility index (Phi) is 6.14. The van der Waals surface area contributed by atoms with E-state index in [-0.39, 0.29) is 11.5 Å². The molecule has 4 rings (SSSR count). The van der Waals surface area contributed by atoms with Gasteiger partial charge in [0.25, 0.3) is 0 Å². The van der Waals surface area contributed by atoms with Crippen LogP contribution >= 0.6 is 11.8 Å². The van der Waals surface area contributed by atoms with Crippen LogP contribution in [0.25, 0.3) is 16.7 Å². The smallest absolute Gasteiger partial charge is 0.336 e. The lowest BCUT2D eigenvalue weighted by Gasteiger charge is -2.13. The fourth-order valence-electron chi connectivity index (χ4n) is 3.71. The molecule has 8 heteroatoms. The number of nitrogens with zero attached hydrogens (tertiary/aromatic N) is 3. The van der Waals surface area contributed by atoms with E-state index in [9.17, 15) is 9.59 Å². The molecule has 0 fully saturated rings. The molecular formula is C24H24N4O3S. The first-order valence-corrected chi connectivity index (χ1v) is 11.3. The van der Waals surface area contributed by atoms with Gasteiger partial charge in [-0.3, -0.25) is 9.36 Å². The van der Waals surface area contributed by atoms with Gasteiger partial charge in [-0.05, 0) is 59.9 Å². The Bertz CT molecular complexity index is 1360. The second kappa shape index (κ2) is 9.00. The first-order chi connectivity index (χ1) is 15.3. The number of aromatic nitrogens is 3. The van der Waals surface area contributed by atoms with Crippen molar-refractivity contribution in [2.45, 2.75) is 44.5 Å². The highest BCUT2D eigenvalue weighted by molar-refractivity contribution is 7.98. The second-order valence-electron chi connectivity index (χ2n) is 7.95. The molecule has 0 saturated heterocycles. The average Bonchev–Trinajstić information content (AvgIpc) is 3.19. The van der Waals surface area contributed by atoms with Crippen molar-refractivity contribution in [3.8, 4) is 5.69 Å². The zero-order valence-electron chi connectivity index (χ0n) is 18.4. The van der Waals surface area contributed by atoms with E-state index >= 15 is 0 Å². The zero-order valence-corrected chi connectivity index (χ0v) is 19.2. The molecule has 164 valence electrons. The van der Waals surface area contributed by atoms with Crippen LogP contribution in [0.3, 0.4) is 0 Å². The van der Waals surface area contributed by atoms with Gasteiger partial charge in [-0.2, -0.15) is 0 Å². The van der Waals surface area contributed by atoms with Crippen molar-refractivity contribution in [3.05, 3.63) is 75.9 Å². The summed E-state index contributed by atoms with van der Waals surface area (Å²) >= 11 is 1.48. The standard InChI is InChI=1S/C24H24N4O3S/c1-14(2)20-11-21-17(9-23(30)31-22(21)8-15(20)3)12-32-24-27-25-13-28(24)19-7-5-6-18(10-19)26-16(4)29/h5-11,13-14H,12H2,1-4H3,(H,26,29). The minimum atomic E-state index is -0.366. The van der Waals surface area contributed by atoms with Gasteiger partial charge in [0.1, 0.15) is 11.9 Å². The fraction of sp³-hybridized carbons (Fsp3) is 0.250. The number of nitrogens with one attached hydrogen (secondary N) is 1. The van der Waals surface area contributed by atoms with Crippen LogP contribution < -0.4 is 10.9 Å². The quantitative estimate of drug-likeness (QED) is 0.328. The zero-order chi connectivity index (χ0) is 22.8. The predicted molar refractivity (Wildman–Crippen MR) is 127 cm³/mol. The number of hydrogen-bond acceptors (Lipinski definition) is 6. The fourth-order valence-corrected chi connectivity index (χ4v) is 4.63. The van der Waals surface area contributed by atoms with Crippen LogP contribution in [-0.2, 0) is 10.5 Å². The van der Waals surface area contributed by atoms with Crippen molar-refractivity contribution in [2.75, 3.05) is 5.32 Å². The van der Waals surface area contributed by atoms with Gasteiger partial charge in [-0.1, -0.05) is 31.7 Å². The third-order valence-corrected chi connectivity index (χ3v) is 6.15. The molecule has 32 heavy (non-hydrogen) atoms. The molecule has 2 heterocycles. The molecule has 0 spiro atoms. The molecule has 1 N–H and O–H groups in total. The minimum Gasteiger partial charge on any atom is -0.423 e. The number of carbonyl (C=O) groups excluding carboxylic acids is 1. The van der Waals surface area contributed by atoms with Crippen LogP contribution in [0.5, 0.6) is 0 Å². The molecule has 0 aliphatic rings. The van der Waals surface area contributed by atoms with E-state index in [0.717, 1.165) is 22.2 Å². The van der Waals surface area contributed by atoms with Gasteiger partial charge in [-0.15, -0.1) is 10.2 Å². The van der Waals surface area contributed by atoms with E-state index in [1.54, 1.807) is 12.4 Å². The normalized spacial score (nSPS) is 11.3. The van der Waals surface area contributed by atoms with E-state index < -0.39 is 0 Å². The number of anilines is 1. The lowest BCUT2D eigenvalue weighted by molar-refractivity contribution is -0.114. The van der Waals surface area contributed by atoms with Crippen molar-refractivity contribution in [1.82, 2.24) is 14.8 Å². The van der Waals surface area contributed by atoms with Crippen LogP contribution in [0.4, 0.5) is 5.69 Å². The van der Waals surface area contributed by atoms with Gasteiger partial charge in [0.05, 0.1) is 5.69 Å². The number of rotatable bonds is 6. The Balaban J connectivity index is 1.66. The number of aryl methyl sites for hydroxylation is 1. The highest BCUT2D eigenvalue weighted by Gasteiger charge is 2.14. The summed E-state index contributed by atoms with van der Waals surface area (Å²) in [6.45, 7) is 7.81. The molecule has 7 nitrogen and oxygen atoms in total. The number of fused-ring (bicyclic) bond motifs is 1. The van der Waals surface area contributed by atoms with Gasteiger partial charge in [0.15, 0.2) is 5.16 Å². The number of carbonyl (C=O) groups is 1. The van der Waals surface area contributed by atoms with E-state index in [1.165, 1.54) is 24.2 Å². The number of benzene rings is 2. The minimum absolute atomic E-state index is 0.133. The topological polar surface area (TPSA) is 90.0 Å². The largest absolute Gasteiger partial charge is 0.423 e. The lowest BCUT2D eigenvalue weighted by Crippen LogP contribution is -2.06. The highest BCUT2D eigenvalue weighted by Crippen LogP contribution is 2.30. The van der Waals surface area contributed by atoms with E-state index in [1.807, 2.05) is 41.8 Å². The van der Waals surface area contributed by atoms with Crippen LogP contribution in [0.15, 0.2) is 63.2 Å². The summed E-state index contributed by atoms with van der Waals surface area (Å²) in [6, 6.07) is 13.1. The molecule has 0 aliphatic heterocycles. The summed E-state index contributed by atoms with van der Waals surface area (Å²) in [4.78, 5) is 23.5. The molecule has 0 bridgehead atoms. The molecule has 0 atom stereocenters. The Morgan fingerprint density at radius 2 is 2.03 bits per heavy atom. The van der Waals surface area contributed by atoms with Crippen LogP contribution in [0, 0.1) is 6.92 Å². The summed E-state index contributed by atoms with van der Waals surface area (Å²) in [5.41, 5.74) is 5.00.